The molecule has 0 aliphatic rings. The van der Waals surface area contributed by atoms with Gasteiger partial charge in [0.05, 0.1) is 11.1 Å². The molecule has 0 spiro atoms. The molecule has 0 amide bonds. The van der Waals surface area contributed by atoms with Gasteiger partial charge in [0, 0.05) is 12.6 Å². The van der Waals surface area contributed by atoms with Crippen molar-refractivity contribution < 1.29 is 27.8 Å². The summed E-state index contributed by atoms with van der Waals surface area (Å²) in [4.78, 5) is 16.3. The lowest BCUT2D eigenvalue weighted by Gasteiger charge is -2.11. The highest BCUT2D eigenvalue weighted by Gasteiger charge is 2.32. The summed E-state index contributed by atoms with van der Waals surface area (Å²) < 4.78 is 44.3. The third-order valence-corrected chi connectivity index (χ3v) is 4.78. The van der Waals surface area contributed by atoms with Crippen molar-refractivity contribution in [2.75, 3.05) is 6.61 Å². The number of fused-ring (bicyclic) bond motifs is 1. The minimum atomic E-state index is -4.59. The third-order valence-electron chi connectivity index (χ3n) is 4.78. The van der Waals surface area contributed by atoms with E-state index in [0.29, 0.717) is 6.42 Å². The number of alkyl halides is 3. The van der Waals surface area contributed by atoms with Crippen LogP contribution in [0.1, 0.15) is 35.6 Å². The second kappa shape index (κ2) is 7.77. The Morgan fingerprint density at radius 3 is 2.34 bits per heavy atom. The van der Waals surface area contributed by atoms with Crippen LogP contribution in [-0.2, 0) is 19.9 Å². The number of aromatic nitrogens is 2. The van der Waals surface area contributed by atoms with Crippen molar-refractivity contribution in [3.63, 3.8) is 0 Å². The van der Waals surface area contributed by atoms with Gasteiger partial charge in [-0.2, -0.15) is 13.2 Å². The first-order valence-electron chi connectivity index (χ1n) is 9.20. The van der Waals surface area contributed by atoms with Gasteiger partial charge in [0.1, 0.15) is 5.65 Å². The highest BCUT2D eigenvalue weighted by Crippen LogP contribution is 2.37. The Hall–Kier alpha value is -3.03. The predicted octanol–water partition coefficient (Wildman–Crippen LogP) is 5.00. The molecule has 3 aromatic rings. The quantitative estimate of drug-likeness (QED) is 0.625. The van der Waals surface area contributed by atoms with E-state index >= 15 is 0 Å². The number of aromatic carboxylic acids is 1. The Morgan fingerprint density at radius 2 is 1.83 bits per heavy atom. The number of carboxylic acids is 1. The van der Waals surface area contributed by atoms with Gasteiger partial charge < -0.3 is 14.4 Å². The second-order valence-corrected chi connectivity index (χ2v) is 6.70. The van der Waals surface area contributed by atoms with Crippen molar-refractivity contribution in [3.05, 3.63) is 47.3 Å². The maximum absolute atomic E-state index is 12.7. The molecule has 0 aliphatic heterocycles. The number of nitrogens with zero attached hydrogens (tertiary/aromatic N) is 2. The lowest BCUT2D eigenvalue weighted by molar-refractivity contribution is -0.153. The number of carboxylic acid groups (broad SMARTS) is 1. The predicted molar refractivity (Wildman–Crippen MR) is 103 cm³/mol. The van der Waals surface area contributed by atoms with E-state index in [-0.39, 0.29) is 22.5 Å². The number of rotatable bonds is 6. The van der Waals surface area contributed by atoms with Crippen LogP contribution in [0.4, 0.5) is 13.2 Å². The standard InChI is InChI=1S/C21H21F3N2O3/c1-4-12-6-8-13(9-7-12)14-10-15-18(29-11-21(22,23)24)17(20(27)28)26(3)19(15)25-16(14)5-2/h6-10H,4-5,11H2,1-3H3,(H,27,28). The Labute approximate surface area is 165 Å². The van der Waals surface area contributed by atoms with Gasteiger partial charge in [-0.15, -0.1) is 0 Å². The van der Waals surface area contributed by atoms with E-state index in [1.165, 1.54) is 11.6 Å². The number of ether oxygens (including phenoxy) is 1. The molecule has 0 fully saturated rings. The van der Waals surface area contributed by atoms with Crippen molar-refractivity contribution in [2.24, 2.45) is 7.05 Å². The average molecular weight is 406 g/mol. The number of benzene rings is 1. The van der Waals surface area contributed by atoms with Gasteiger partial charge in [0.2, 0.25) is 0 Å². The maximum atomic E-state index is 12.7. The van der Waals surface area contributed by atoms with E-state index in [1.54, 1.807) is 6.07 Å². The molecule has 29 heavy (non-hydrogen) atoms. The van der Waals surface area contributed by atoms with Crippen LogP contribution >= 0.6 is 0 Å². The largest absolute Gasteiger partial charge is 0.481 e. The van der Waals surface area contributed by atoms with Crippen LogP contribution in [-0.4, -0.2) is 33.4 Å². The summed E-state index contributed by atoms with van der Waals surface area (Å²) in [5.41, 5.74) is 3.38. The molecule has 0 saturated heterocycles. The zero-order chi connectivity index (χ0) is 21.3. The topological polar surface area (TPSA) is 64.3 Å². The molecule has 0 saturated carbocycles. The molecule has 0 aliphatic carbocycles. The van der Waals surface area contributed by atoms with Gasteiger partial charge in [0.15, 0.2) is 18.1 Å². The Morgan fingerprint density at radius 1 is 1.17 bits per heavy atom. The zero-order valence-corrected chi connectivity index (χ0v) is 16.3. The van der Waals surface area contributed by atoms with Crippen LogP contribution in [0.3, 0.4) is 0 Å². The second-order valence-electron chi connectivity index (χ2n) is 6.70. The van der Waals surface area contributed by atoms with Crippen LogP contribution in [0.2, 0.25) is 0 Å². The van der Waals surface area contributed by atoms with Gasteiger partial charge in [-0.3, -0.25) is 0 Å². The third kappa shape index (κ3) is 4.06. The van der Waals surface area contributed by atoms with E-state index in [4.69, 9.17) is 4.74 Å². The van der Waals surface area contributed by atoms with E-state index in [1.807, 2.05) is 38.1 Å². The lowest BCUT2D eigenvalue weighted by atomic mass is 9.99. The summed E-state index contributed by atoms with van der Waals surface area (Å²) in [6, 6.07) is 9.48. The lowest BCUT2D eigenvalue weighted by Crippen LogP contribution is -2.20. The Balaban J connectivity index is 2.24. The van der Waals surface area contributed by atoms with Gasteiger partial charge in [-0.25, -0.2) is 9.78 Å². The molecule has 1 aromatic carbocycles. The SMILES string of the molecule is CCc1ccc(-c2cc3c(OCC(F)(F)F)c(C(=O)O)n(C)c3nc2CC)cc1. The van der Waals surface area contributed by atoms with Crippen LogP contribution in [0.25, 0.3) is 22.2 Å². The molecule has 154 valence electrons. The summed E-state index contributed by atoms with van der Waals surface area (Å²) in [5, 5.41) is 9.77. The Kier molecular flexibility index (Phi) is 5.55. The van der Waals surface area contributed by atoms with Gasteiger partial charge in [-0.05, 0) is 30.0 Å². The molecule has 3 rings (SSSR count). The average Bonchev–Trinajstić information content (AvgIpc) is 2.96. The maximum Gasteiger partial charge on any atom is 0.422 e. The summed E-state index contributed by atoms with van der Waals surface area (Å²) in [5.74, 6) is -1.71. The molecule has 0 unspecified atom stereocenters. The van der Waals surface area contributed by atoms with E-state index in [0.717, 1.165) is 28.8 Å². The van der Waals surface area contributed by atoms with E-state index in [2.05, 4.69) is 4.98 Å². The number of aryl methyl sites for hydroxylation is 3. The van der Waals surface area contributed by atoms with Gasteiger partial charge in [-0.1, -0.05) is 38.1 Å². The number of hydrogen-bond acceptors (Lipinski definition) is 3. The summed E-state index contributed by atoms with van der Waals surface area (Å²) in [6.07, 6.45) is -3.13. The molecule has 8 heteroatoms. The summed E-state index contributed by atoms with van der Waals surface area (Å²) >= 11 is 0. The normalized spacial score (nSPS) is 11.8. The molecular weight excluding hydrogens is 385 g/mol. The summed E-state index contributed by atoms with van der Waals surface area (Å²) in [7, 11) is 1.45. The zero-order valence-electron chi connectivity index (χ0n) is 16.3. The van der Waals surface area contributed by atoms with Crippen molar-refractivity contribution in [1.82, 2.24) is 9.55 Å². The van der Waals surface area contributed by atoms with Crippen molar-refractivity contribution in [1.29, 1.82) is 0 Å². The van der Waals surface area contributed by atoms with Crippen molar-refractivity contribution in [3.8, 4) is 16.9 Å². The summed E-state index contributed by atoms with van der Waals surface area (Å²) in [6.45, 7) is 2.38. The van der Waals surface area contributed by atoms with E-state index in [9.17, 15) is 23.1 Å². The minimum Gasteiger partial charge on any atom is -0.481 e. The number of hydrogen-bond donors (Lipinski definition) is 1. The Bertz CT molecular complexity index is 1050. The molecule has 0 atom stereocenters. The first kappa shape index (κ1) is 20.7. The fourth-order valence-corrected chi connectivity index (χ4v) is 3.33. The van der Waals surface area contributed by atoms with Crippen LogP contribution in [0, 0.1) is 0 Å². The van der Waals surface area contributed by atoms with Crippen LogP contribution < -0.4 is 4.74 Å². The highest BCUT2D eigenvalue weighted by molar-refractivity contribution is 6.01. The van der Waals surface area contributed by atoms with Crippen LogP contribution in [0.5, 0.6) is 5.75 Å². The first-order valence-corrected chi connectivity index (χ1v) is 9.20. The molecule has 0 radical (unpaired) electrons. The van der Waals surface area contributed by atoms with E-state index < -0.39 is 18.8 Å². The molecule has 2 heterocycles. The smallest absolute Gasteiger partial charge is 0.422 e. The molecular formula is C21H21F3N2O3. The fraction of sp³-hybridized carbons (Fsp3) is 0.333. The van der Waals surface area contributed by atoms with Crippen molar-refractivity contribution in [2.45, 2.75) is 32.9 Å². The molecule has 2 aromatic heterocycles. The molecule has 0 bridgehead atoms. The molecule has 5 nitrogen and oxygen atoms in total. The number of carbonyl (C=O) groups is 1. The first-order chi connectivity index (χ1) is 13.7. The van der Waals surface area contributed by atoms with Crippen LogP contribution in [0.15, 0.2) is 30.3 Å². The van der Waals surface area contributed by atoms with Crippen molar-refractivity contribution >= 4 is 17.0 Å². The number of pyridine rings is 1. The fourth-order valence-electron chi connectivity index (χ4n) is 3.33. The monoisotopic (exact) mass is 406 g/mol. The molecule has 1 N–H and O–H groups in total. The van der Waals surface area contributed by atoms with Gasteiger partial charge in [0.25, 0.3) is 0 Å². The minimum absolute atomic E-state index is 0.237. The number of halogens is 3. The highest BCUT2D eigenvalue weighted by atomic mass is 19.4. The van der Waals surface area contributed by atoms with Gasteiger partial charge >= 0.3 is 12.1 Å².